The topological polar surface area (TPSA) is 64.3 Å². The molecule has 0 aliphatic carbocycles. The van der Waals surface area contributed by atoms with Crippen molar-refractivity contribution in [1.29, 1.82) is 0 Å². The van der Waals surface area contributed by atoms with Crippen LogP contribution in [0.2, 0.25) is 0 Å². The zero-order chi connectivity index (χ0) is 15.2. The minimum atomic E-state index is -0.245. The van der Waals surface area contributed by atoms with E-state index in [0.717, 1.165) is 11.1 Å². The van der Waals surface area contributed by atoms with Crippen LogP contribution in [0.4, 0.5) is 4.39 Å². The molecule has 0 saturated carbocycles. The van der Waals surface area contributed by atoms with Crippen molar-refractivity contribution in [2.24, 2.45) is 5.84 Å². The summed E-state index contributed by atoms with van der Waals surface area (Å²) in [4.78, 5) is 11.1. The van der Waals surface area contributed by atoms with Gasteiger partial charge in [-0.2, -0.15) is 0 Å². The molecule has 5 heteroatoms. The summed E-state index contributed by atoms with van der Waals surface area (Å²) in [7, 11) is 0. The lowest BCUT2D eigenvalue weighted by molar-refractivity contribution is -0.120. The Morgan fingerprint density at radius 2 is 1.86 bits per heavy atom. The van der Waals surface area contributed by atoms with Gasteiger partial charge < -0.3 is 4.74 Å². The molecular weight excluding hydrogens is 271 g/mol. The fourth-order valence-corrected chi connectivity index (χ4v) is 1.86. The molecule has 21 heavy (non-hydrogen) atoms. The van der Waals surface area contributed by atoms with E-state index in [1.165, 1.54) is 6.07 Å². The second-order valence-corrected chi connectivity index (χ2v) is 4.76. The van der Waals surface area contributed by atoms with E-state index in [9.17, 15) is 9.18 Å². The van der Waals surface area contributed by atoms with Crippen LogP contribution < -0.4 is 16.0 Å². The molecule has 0 radical (unpaired) electrons. The van der Waals surface area contributed by atoms with E-state index in [2.05, 4.69) is 5.43 Å². The van der Waals surface area contributed by atoms with E-state index < -0.39 is 0 Å². The molecule has 0 saturated heterocycles. The Morgan fingerprint density at radius 1 is 1.19 bits per heavy atom. The van der Waals surface area contributed by atoms with Crippen LogP contribution in [0.1, 0.15) is 16.7 Å². The summed E-state index contributed by atoms with van der Waals surface area (Å²) in [6.07, 6.45) is 0.245. The van der Waals surface area contributed by atoms with Crippen LogP contribution >= 0.6 is 0 Å². The van der Waals surface area contributed by atoms with Gasteiger partial charge in [0.1, 0.15) is 18.2 Å². The predicted octanol–water partition coefficient (Wildman–Crippen LogP) is 2.25. The molecule has 0 aliphatic rings. The first-order valence-electron chi connectivity index (χ1n) is 6.54. The highest BCUT2D eigenvalue weighted by molar-refractivity contribution is 5.77. The molecule has 3 N–H and O–H groups in total. The molecule has 2 aromatic rings. The Hall–Kier alpha value is -2.40. The molecule has 0 aromatic heterocycles. The second kappa shape index (κ2) is 6.85. The number of hydrogen-bond donors (Lipinski definition) is 2. The Labute approximate surface area is 122 Å². The molecule has 2 aromatic carbocycles. The van der Waals surface area contributed by atoms with E-state index in [4.69, 9.17) is 10.6 Å². The monoisotopic (exact) mass is 288 g/mol. The predicted molar refractivity (Wildman–Crippen MR) is 77.9 cm³/mol. The van der Waals surface area contributed by atoms with Crippen molar-refractivity contribution in [3.63, 3.8) is 0 Å². The van der Waals surface area contributed by atoms with Gasteiger partial charge in [-0.25, -0.2) is 10.2 Å². The first-order chi connectivity index (χ1) is 10.1. The summed E-state index contributed by atoms with van der Waals surface area (Å²) < 4.78 is 18.7. The summed E-state index contributed by atoms with van der Waals surface area (Å²) in [6.45, 7) is 2.08. The van der Waals surface area contributed by atoms with Crippen LogP contribution in [0.25, 0.3) is 0 Å². The Bertz CT molecular complexity index is 627. The van der Waals surface area contributed by atoms with E-state index in [0.29, 0.717) is 17.9 Å². The van der Waals surface area contributed by atoms with Gasteiger partial charge in [0.05, 0.1) is 6.42 Å². The van der Waals surface area contributed by atoms with E-state index in [1.54, 1.807) is 19.1 Å². The van der Waals surface area contributed by atoms with Gasteiger partial charge in [-0.1, -0.05) is 24.3 Å². The minimum absolute atomic E-state index is 0.235. The fraction of sp³-hybridized carbons (Fsp3) is 0.188. The molecule has 2 rings (SSSR count). The fourth-order valence-electron chi connectivity index (χ4n) is 1.86. The highest BCUT2D eigenvalue weighted by Crippen LogP contribution is 2.17. The number of amides is 1. The lowest BCUT2D eigenvalue weighted by Gasteiger charge is -2.08. The summed E-state index contributed by atoms with van der Waals surface area (Å²) in [5, 5.41) is 0. The zero-order valence-electron chi connectivity index (χ0n) is 11.7. The van der Waals surface area contributed by atoms with Crippen molar-refractivity contribution in [3.8, 4) is 5.75 Å². The lowest BCUT2D eigenvalue weighted by atomic mass is 10.1. The maximum absolute atomic E-state index is 13.1. The third-order valence-corrected chi connectivity index (χ3v) is 3.08. The molecule has 0 unspecified atom stereocenters. The molecule has 0 bridgehead atoms. The number of halogens is 1. The van der Waals surface area contributed by atoms with Crippen molar-refractivity contribution in [2.45, 2.75) is 20.0 Å². The van der Waals surface area contributed by atoms with Gasteiger partial charge in [-0.05, 0) is 41.8 Å². The highest BCUT2D eigenvalue weighted by atomic mass is 19.1. The summed E-state index contributed by atoms with van der Waals surface area (Å²) in [6, 6.07) is 12.1. The molecule has 0 fully saturated rings. The first kappa shape index (κ1) is 15.0. The van der Waals surface area contributed by atoms with Gasteiger partial charge in [-0.15, -0.1) is 0 Å². The quantitative estimate of drug-likeness (QED) is 0.504. The van der Waals surface area contributed by atoms with Gasteiger partial charge in [0.2, 0.25) is 5.91 Å². The molecule has 0 heterocycles. The van der Waals surface area contributed by atoms with E-state index >= 15 is 0 Å². The average molecular weight is 288 g/mol. The van der Waals surface area contributed by atoms with Crippen molar-refractivity contribution >= 4 is 5.91 Å². The van der Waals surface area contributed by atoms with Crippen LogP contribution in [-0.2, 0) is 17.8 Å². The van der Waals surface area contributed by atoms with Crippen molar-refractivity contribution in [3.05, 3.63) is 65.0 Å². The summed E-state index contributed by atoms with van der Waals surface area (Å²) in [5.41, 5.74) is 4.48. The van der Waals surface area contributed by atoms with Gasteiger partial charge in [-0.3, -0.25) is 10.2 Å². The highest BCUT2D eigenvalue weighted by Gasteiger charge is 2.03. The number of ether oxygens (including phenoxy) is 1. The Kier molecular flexibility index (Phi) is 4.90. The maximum Gasteiger partial charge on any atom is 0.238 e. The third-order valence-electron chi connectivity index (χ3n) is 3.08. The summed E-state index contributed by atoms with van der Waals surface area (Å²) >= 11 is 0. The van der Waals surface area contributed by atoms with Gasteiger partial charge >= 0.3 is 0 Å². The third kappa shape index (κ3) is 4.29. The molecule has 4 nitrogen and oxygen atoms in total. The largest absolute Gasteiger partial charge is 0.489 e. The van der Waals surface area contributed by atoms with Crippen molar-refractivity contribution in [1.82, 2.24) is 5.43 Å². The molecule has 0 aliphatic heterocycles. The Balaban J connectivity index is 1.94. The van der Waals surface area contributed by atoms with Crippen LogP contribution in [-0.4, -0.2) is 5.91 Å². The number of hydrazine groups is 1. The van der Waals surface area contributed by atoms with Crippen molar-refractivity contribution in [2.75, 3.05) is 0 Å². The SMILES string of the molecule is Cc1cc(OCc2ccc(CC(=O)NN)cc2)ccc1F. The molecule has 1 amide bonds. The average Bonchev–Trinajstić information content (AvgIpc) is 2.50. The number of benzene rings is 2. The number of carbonyl (C=O) groups is 1. The minimum Gasteiger partial charge on any atom is -0.489 e. The molecule has 0 spiro atoms. The number of nitrogens with two attached hydrogens (primary N) is 1. The normalized spacial score (nSPS) is 10.2. The van der Waals surface area contributed by atoms with Gasteiger partial charge in [0, 0.05) is 0 Å². The second-order valence-electron chi connectivity index (χ2n) is 4.76. The Morgan fingerprint density at radius 3 is 2.48 bits per heavy atom. The van der Waals surface area contributed by atoms with Gasteiger partial charge in [0.25, 0.3) is 0 Å². The molecule has 0 atom stereocenters. The number of rotatable bonds is 5. The molecular formula is C16H17FN2O2. The lowest BCUT2D eigenvalue weighted by Crippen LogP contribution is -2.31. The maximum atomic E-state index is 13.1. The van der Waals surface area contributed by atoms with Crippen LogP contribution in [0.15, 0.2) is 42.5 Å². The summed E-state index contributed by atoms with van der Waals surface area (Å²) in [5.74, 6) is 5.18. The number of carbonyl (C=O) groups excluding carboxylic acids is 1. The number of hydrogen-bond acceptors (Lipinski definition) is 3. The van der Waals surface area contributed by atoms with Gasteiger partial charge in [0.15, 0.2) is 0 Å². The zero-order valence-corrected chi connectivity index (χ0v) is 11.7. The van der Waals surface area contributed by atoms with Crippen LogP contribution in [0.3, 0.4) is 0 Å². The van der Waals surface area contributed by atoms with Crippen LogP contribution in [0.5, 0.6) is 5.75 Å². The number of nitrogens with one attached hydrogen (secondary N) is 1. The molecule has 110 valence electrons. The smallest absolute Gasteiger partial charge is 0.238 e. The van der Waals surface area contributed by atoms with E-state index in [-0.39, 0.29) is 18.1 Å². The number of aryl methyl sites for hydroxylation is 1. The first-order valence-corrected chi connectivity index (χ1v) is 6.54. The standard InChI is InChI=1S/C16H17FN2O2/c1-11-8-14(6-7-15(11)17)21-10-13-4-2-12(3-5-13)9-16(20)19-18/h2-8H,9-10,18H2,1H3,(H,19,20). The van der Waals surface area contributed by atoms with E-state index in [1.807, 2.05) is 24.3 Å². The van der Waals surface area contributed by atoms with Crippen molar-refractivity contribution < 1.29 is 13.9 Å². The van der Waals surface area contributed by atoms with Crippen LogP contribution in [0, 0.1) is 12.7 Å².